The molecule has 3 heteroatoms. The zero-order chi connectivity index (χ0) is 7.02. The van der Waals surface area contributed by atoms with Gasteiger partial charge in [0.1, 0.15) is 5.36 Å². The molecule has 0 fully saturated rings. The van der Waals surface area contributed by atoms with E-state index in [0.717, 1.165) is 12.0 Å². The van der Waals surface area contributed by atoms with Crippen molar-refractivity contribution in [2.24, 2.45) is 0 Å². The van der Waals surface area contributed by atoms with Crippen molar-refractivity contribution in [2.45, 2.75) is 13.3 Å². The normalized spacial score (nSPS) is 10.3. The molecule has 0 radical (unpaired) electrons. The van der Waals surface area contributed by atoms with Gasteiger partial charge in [0.25, 0.3) is 0 Å². The summed E-state index contributed by atoms with van der Waals surface area (Å²) in [5, 5.41) is 14.7. The Balaban J connectivity index is 3.25. The first-order valence-electron chi connectivity index (χ1n) is 2.85. The average molecular weight is 123 g/mol. The van der Waals surface area contributed by atoms with Crippen LogP contribution in [0.3, 0.4) is 0 Å². The molecule has 0 saturated heterocycles. The Morgan fingerprint density at radius 2 is 1.89 bits per heavy atom. The molecule has 0 aromatic heterocycles. The zero-order valence-corrected chi connectivity index (χ0v) is 5.28. The van der Waals surface area contributed by atoms with Gasteiger partial charge in [-0.2, -0.15) is 0 Å². The first kappa shape index (κ1) is 6.01. The molecule has 9 heavy (non-hydrogen) atoms. The molecular weight excluding hydrogens is 114 g/mol. The monoisotopic (exact) mass is 123 g/mol. The van der Waals surface area contributed by atoms with Crippen LogP contribution in [0.1, 0.15) is 12.5 Å². The fraction of sp³-hybridized carbons (Fsp3) is 0.333. The predicted octanol–water partition coefficient (Wildman–Crippen LogP) is -0.334. The second-order valence-electron chi connectivity index (χ2n) is 2.00. The van der Waals surface area contributed by atoms with E-state index in [1.807, 2.05) is 6.92 Å². The summed E-state index contributed by atoms with van der Waals surface area (Å²) in [7, 11) is 0. The van der Waals surface area contributed by atoms with Gasteiger partial charge >= 0.3 is 0 Å². The number of nitrogen functional groups attached to an aromatic ring is 1. The third-order valence-corrected chi connectivity index (χ3v) is 1.50. The van der Waals surface area contributed by atoms with E-state index in [1.54, 1.807) is 0 Å². The molecule has 1 aromatic rings. The molecule has 0 heterocycles. The van der Waals surface area contributed by atoms with Gasteiger partial charge in [-0.3, -0.25) is 10.8 Å². The summed E-state index contributed by atoms with van der Waals surface area (Å²) in [5.41, 5.74) is 6.72. The Labute approximate surface area is 52.9 Å². The van der Waals surface area contributed by atoms with Gasteiger partial charge in [-0.1, -0.05) is 6.92 Å². The Hall–Kier alpha value is -1.12. The van der Waals surface area contributed by atoms with E-state index in [-0.39, 0.29) is 5.36 Å². The van der Waals surface area contributed by atoms with Crippen LogP contribution < -0.4 is 16.4 Å². The van der Waals surface area contributed by atoms with Crippen LogP contribution in [0.4, 0.5) is 5.69 Å². The highest BCUT2D eigenvalue weighted by Gasteiger charge is 2.07. The maximum Gasteiger partial charge on any atom is 0.103 e. The number of rotatable bonds is 1. The summed E-state index contributed by atoms with van der Waals surface area (Å²) >= 11 is 0. The standard InChI is InChI=1S/C6H9N3/c1-2-3-4(7)6(9)5(3)8/h7,9H,2,8H2,1H3. The zero-order valence-electron chi connectivity index (χ0n) is 5.28. The molecule has 1 aromatic carbocycles. The van der Waals surface area contributed by atoms with Crippen molar-refractivity contribution in [3.63, 3.8) is 0 Å². The topological polar surface area (TPSA) is 73.7 Å². The largest absolute Gasteiger partial charge is 0.397 e. The molecule has 0 aliphatic rings. The Bertz CT molecular complexity index is 291. The molecule has 48 valence electrons. The number of hydrogen-bond acceptors (Lipinski definition) is 3. The number of nitrogens with one attached hydrogen (secondary N) is 2. The minimum atomic E-state index is 0.201. The van der Waals surface area contributed by atoms with E-state index in [2.05, 4.69) is 0 Å². The number of anilines is 1. The van der Waals surface area contributed by atoms with Gasteiger partial charge in [0, 0.05) is 5.56 Å². The van der Waals surface area contributed by atoms with E-state index in [0.29, 0.717) is 11.0 Å². The van der Waals surface area contributed by atoms with Gasteiger partial charge in [0.15, 0.2) is 0 Å². The molecule has 0 amide bonds. The molecule has 1 rings (SSSR count). The summed E-state index contributed by atoms with van der Waals surface area (Å²) < 4.78 is 0. The Morgan fingerprint density at radius 1 is 1.33 bits per heavy atom. The highest BCUT2D eigenvalue weighted by atomic mass is 14.6. The van der Waals surface area contributed by atoms with Crippen molar-refractivity contribution in [1.82, 2.24) is 0 Å². The number of hydrogen-bond donors (Lipinski definition) is 3. The van der Waals surface area contributed by atoms with Crippen LogP contribution in [0.5, 0.6) is 0 Å². The lowest BCUT2D eigenvalue weighted by atomic mass is 10.0. The average Bonchev–Trinajstić information content (AvgIpc) is 1.89. The van der Waals surface area contributed by atoms with Gasteiger partial charge in [-0.05, 0) is 6.42 Å². The Morgan fingerprint density at radius 3 is 2.11 bits per heavy atom. The summed E-state index contributed by atoms with van der Waals surface area (Å²) in [6.45, 7) is 1.93. The van der Waals surface area contributed by atoms with Gasteiger partial charge in [0.2, 0.25) is 0 Å². The van der Waals surface area contributed by atoms with Crippen molar-refractivity contribution in [3.05, 3.63) is 16.3 Å². The third kappa shape index (κ3) is 0.575. The molecule has 0 atom stereocenters. The van der Waals surface area contributed by atoms with Crippen LogP contribution in [-0.2, 0) is 6.42 Å². The van der Waals surface area contributed by atoms with Crippen LogP contribution >= 0.6 is 0 Å². The van der Waals surface area contributed by atoms with Crippen LogP contribution in [-0.4, -0.2) is 0 Å². The van der Waals surface area contributed by atoms with Crippen LogP contribution in [0.15, 0.2) is 0 Å². The fourth-order valence-corrected chi connectivity index (χ4v) is 0.876. The number of nitrogens with two attached hydrogens (primary N) is 1. The van der Waals surface area contributed by atoms with Crippen molar-refractivity contribution >= 4 is 5.69 Å². The molecule has 0 unspecified atom stereocenters. The second kappa shape index (κ2) is 1.69. The lowest BCUT2D eigenvalue weighted by Gasteiger charge is -2.05. The summed E-state index contributed by atoms with van der Waals surface area (Å²) in [6, 6.07) is 0. The maximum atomic E-state index is 7.16. The molecular formula is C6H9N3. The van der Waals surface area contributed by atoms with Crippen molar-refractivity contribution in [1.29, 1.82) is 10.8 Å². The molecule has 0 spiro atoms. The van der Waals surface area contributed by atoms with E-state index in [9.17, 15) is 0 Å². The van der Waals surface area contributed by atoms with Gasteiger partial charge in [0.05, 0.1) is 11.0 Å². The molecule has 4 N–H and O–H groups in total. The molecule has 0 saturated carbocycles. The van der Waals surface area contributed by atoms with E-state index < -0.39 is 0 Å². The van der Waals surface area contributed by atoms with Gasteiger partial charge < -0.3 is 5.73 Å². The first-order chi connectivity index (χ1) is 4.18. The second-order valence-corrected chi connectivity index (χ2v) is 2.00. The van der Waals surface area contributed by atoms with E-state index in [1.165, 1.54) is 0 Å². The molecule has 3 nitrogen and oxygen atoms in total. The summed E-state index contributed by atoms with van der Waals surface area (Å²) in [6.07, 6.45) is 0.771. The minimum Gasteiger partial charge on any atom is -0.397 e. The fourth-order valence-electron chi connectivity index (χ4n) is 0.876. The third-order valence-electron chi connectivity index (χ3n) is 1.50. The van der Waals surface area contributed by atoms with Crippen LogP contribution in [0.2, 0.25) is 0 Å². The predicted molar refractivity (Wildman–Crippen MR) is 34.3 cm³/mol. The van der Waals surface area contributed by atoms with E-state index in [4.69, 9.17) is 16.6 Å². The maximum absolute atomic E-state index is 7.16. The lowest BCUT2D eigenvalue weighted by molar-refractivity contribution is 0.987. The van der Waals surface area contributed by atoms with Crippen molar-refractivity contribution < 1.29 is 0 Å². The van der Waals surface area contributed by atoms with Crippen LogP contribution in [0.25, 0.3) is 0 Å². The van der Waals surface area contributed by atoms with Crippen LogP contribution in [0, 0.1) is 10.8 Å². The smallest absolute Gasteiger partial charge is 0.103 e. The molecule has 0 aliphatic carbocycles. The summed E-state index contributed by atoms with van der Waals surface area (Å²) in [4.78, 5) is 0. The van der Waals surface area contributed by atoms with Crippen molar-refractivity contribution in [2.75, 3.05) is 5.73 Å². The molecule has 0 aliphatic heterocycles. The first-order valence-corrected chi connectivity index (χ1v) is 2.85. The van der Waals surface area contributed by atoms with Crippen molar-refractivity contribution in [3.8, 4) is 0 Å². The SMILES string of the molecule is CCc1c(N)c(=N)c1=N. The lowest BCUT2D eigenvalue weighted by Crippen LogP contribution is -2.38. The highest BCUT2D eigenvalue weighted by Crippen LogP contribution is 2.00. The Kier molecular flexibility index (Phi) is 1.12. The van der Waals surface area contributed by atoms with Gasteiger partial charge in [-0.15, -0.1) is 0 Å². The van der Waals surface area contributed by atoms with E-state index >= 15 is 0 Å². The van der Waals surface area contributed by atoms with Gasteiger partial charge in [-0.25, -0.2) is 0 Å². The summed E-state index contributed by atoms with van der Waals surface area (Å²) in [5.74, 6) is 0. The minimum absolute atomic E-state index is 0.201. The highest BCUT2D eigenvalue weighted by molar-refractivity contribution is 5.50. The molecule has 0 bridgehead atoms. The quantitative estimate of drug-likeness (QED) is 0.470.